The van der Waals surface area contributed by atoms with Crippen LogP contribution in [-0.2, 0) is 5.33 Å². The normalized spacial score (nSPS) is 10.9. The van der Waals surface area contributed by atoms with Crippen molar-refractivity contribution in [3.63, 3.8) is 0 Å². The Labute approximate surface area is 128 Å². The number of aromatic nitrogens is 2. The monoisotopic (exact) mass is 350 g/mol. The number of benzene rings is 2. The molecular formula is C15H9BrClFN2. The molecule has 0 N–H and O–H groups in total. The lowest BCUT2D eigenvalue weighted by molar-refractivity contribution is 0.628. The molecule has 100 valence electrons. The van der Waals surface area contributed by atoms with Crippen LogP contribution >= 0.6 is 27.5 Å². The quantitative estimate of drug-likeness (QED) is 0.608. The Morgan fingerprint density at radius 1 is 1.05 bits per heavy atom. The number of nitrogens with zero attached hydrogens (tertiary/aromatic N) is 2. The summed E-state index contributed by atoms with van der Waals surface area (Å²) in [4.78, 5) is 9.16. The maximum absolute atomic E-state index is 13.0. The Balaban J connectivity index is 2.26. The van der Waals surface area contributed by atoms with Crippen LogP contribution in [-0.4, -0.2) is 9.97 Å². The first kappa shape index (κ1) is 13.5. The molecule has 0 radical (unpaired) electrons. The molecule has 0 spiro atoms. The molecule has 0 saturated carbocycles. The molecule has 2 aromatic carbocycles. The molecule has 0 fully saturated rings. The first-order chi connectivity index (χ1) is 9.69. The van der Waals surface area contributed by atoms with Gasteiger partial charge in [0.25, 0.3) is 0 Å². The van der Waals surface area contributed by atoms with Gasteiger partial charge in [-0.1, -0.05) is 33.6 Å². The topological polar surface area (TPSA) is 25.8 Å². The molecule has 3 aromatic rings. The van der Waals surface area contributed by atoms with Crippen molar-refractivity contribution in [3.05, 3.63) is 59.0 Å². The Morgan fingerprint density at radius 3 is 2.50 bits per heavy atom. The second-order valence-corrected chi connectivity index (χ2v) is 5.23. The van der Waals surface area contributed by atoms with Crippen LogP contribution in [0.2, 0.25) is 5.02 Å². The van der Waals surface area contributed by atoms with Crippen molar-refractivity contribution in [1.29, 1.82) is 0 Å². The smallest absolute Gasteiger partial charge is 0.123 e. The van der Waals surface area contributed by atoms with E-state index in [4.69, 9.17) is 11.6 Å². The Bertz CT molecular complexity index is 775. The minimum Gasteiger partial charge on any atom is -0.246 e. The van der Waals surface area contributed by atoms with Gasteiger partial charge in [-0.2, -0.15) is 0 Å². The van der Waals surface area contributed by atoms with Crippen LogP contribution in [0.4, 0.5) is 4.39 Å². The molecule has 1 heterocycles. The van der Waals surface area contributed by atoms with Crippen molar-refractivity contribution < 1.29 is 4.39 Å². The summed E-state index contributed by atoms with van der Waals surface area (Å²) in [6.07, 6.45) is 0. The summed E-state index contributed by atoms with van der Waals surface area (Å²) in [5, 5.41) is 1.12. The molecule has 0 saturated heterocycles. The van der Waals surface area contributed by atoms with Crippen molar-refractivity contribution in [2.75, 3.05) is 0 Å². The third kappa shape index (κ3) is 2.41. The van der Waals surface area contributed by atoms with Crippen LogP contribution in [0.3, 0.4) is 0 Å². The van der Waals surface area contributed by atoms with Crippen LogP contribution in [0.1, 0.15) is 5.69 Å². The minimum absolute atomic E-state index is 0.272. The predicted octanol–water partition coefficient (Wildman–Crippen LogP) is 4.98. The Kier molecular flexibility index (Phi) is 3.68. The molecule has 0 unspecified atom stereocenters. The van der Waals surface area contributed by atoms with Gasteiger partial charge in [-0.05, 0) is 36.4 Å². The van der Waals surface area contributed by atoms with E-state index in [0.717, 1.165) is 22.5 Å². The Hall–Kier alpha value is -1.52. The number of rotatable bonds is 2. The van der Waals surface area contributed by atoms with E-state index in [-0.39, 0.29) is 5.82 Å². The van der Waals surface area contributed by atoms with Gasteiger partial charge in [0.15, 0.2) is 0 Å². The molecule has 0 aliphatic carbocycles. The lowest BCUT2D eigenvalue weighted by Gasteiger charge is -2.09. The number of alkyl halides is 1. The average molecular weight is 352 g/mol. The zero-order chi connectivity index (χ0) is 14.1. The van der Waals surface area contributed by atoms with E-state index in [0.29, 0.717) is 15.9 Å². The Morgan fingerprint density at radius 2 is 1.80 bits per heavy atom. The fourth-order valence-electron chi connectivity index (χ4n) is 2.01. The maximum atomic E-state index is 13.0. The molecule has 0 aliphatic heterocycles. The lowest BCUT2D eigenvalue weighted by Crippen LogP contribution is -1.97. The van der Waals surface area contributed by atoms with Crippen molar-refractivity contribution in [2.24, 2.45) is 0 Å². The average Bonchev–Trinajstić information content (AvgIpc) is 2.47. The molecule has 3 rings (SSSR count). The van der Waals surface area contributed by atoms with Crippen LogP contribution in [0.15, 0.2) is 42.5 Å². The maximum Gasteiger partial charge on any atom is 0.123 e. The third-order valence-corrected chi connectivity index (χ3v) is 3.80. The highest BCUT2D eigenvalue weighted by molar-refractivity contribution is 9.08. The summed E-state index contributed by atoms with van der Waals surface area (Å²) in [5.74, 6) is -0.272. The highest BCUT2D eigenvalue weighted by atomic mass is 79.9. The van der Waals surface area contributed by atoms with E-state index in [2.05, 4.69) is 25.9 Å². The number of hydrogen-bond acceptors (Lipinski definition) is 2. The molecule has 2 nitrogen and oxygen atoms in total. The summed E-state index contributed by atoms with van der Waals surface area (Å²) >= 11 is 9.55. The highest BCUT2D eigenvalue weighted by Crippen LogP contribution is 2.27. The van der Waals surface area contributed by atoms with E-state index in [1.807, 2.05) is 12.1 Å². The number of hydrogen-bond donors (Lipinski definition) is 0. The minimum atomic E-state index is -0.272. The number of para-hydroxylation sites is 1. The number of halogens is 3. The second kappa shape index (κ2) is 5.46. The van der Waals surface area contributed by atoms with Gasteiger partial charge in [-0.15, -0.1) is 0 Å². The van der Waals surface area contributed by atoms with Crippen molar-refractivity contribution >= 4 is 38.6 Å². The van der Waals surface area contributed by atoms with Gasteiger partial charge in [0.1, 0.15) is 11.3 Å². The van der Waals surface area contributed by atoms with Crippen LogP contribution < -0.4 is 0 Å². The van der Waals surface area contributed by atoms with E-state index in [1.54, 1.807) is 18.2 Å². The molecule has 0 atom stereocenters. The summed E-state index contributed by atoms with van der Waals surface area (Å²) in [7, 11) is 0. The van der Waals surface area contributed by atoms with Gasteiger partial charge in [-0.3, -0.25) is 0 Å². The fourth-order valence-corrected chi connectivity index (χ4v) is 2.61. The first-order valence-corrected chi connectivity index (χ1v) is 7.46. The van der Waals surface area contributed by atoms with Crippen LogP contribution in [0, 0.1) is 5.82 Å². The van der Waals surface area contributed by atoms with E-state index in [1.165, 1.54) is 12.1 Å². The predicted molar refractivity (Wildman–Crippen MR) is 82.6 cm³/mol. The van der Waals surface area contributed by atoms with E-state index >= 15 is 0 Å². The lowest BCUT2D eigenvalue weighted by atomic mass is 10.1. The summed E-state index contributed by atoms with van der Waals surface area (Å²) in [6, 6.07) is 11.7. The van der Waals surface area contributed by atoms with Gasteiger partial charge in [0.05, 0.1) is 21.9 Å². The van der Waals surface area contributed by atoms with Crippen LogP contribution in [0.5, 0.6) is 0 Å². The van der Waals surface area contributed by atoms with Crippen LogP contribution in [0.25, 0.3) is 22.3 Å². The van der Waals surface area contributed by atoms with Gasteiger partial charge < -0.3 is 0 Å². The van der Waals surface area contributed by atoms with Gasteiger partial charge in [0, 0.05) is 10.9 Å². The zero-order valence-electron chi connectivity index (χ0n) is 10.3. The van der Waals surface area contributed by atoms with Crippen molar-refractivity contribution in [3.8, 4) is 11.3 Å². The fraction of sp³-hybridized carbons (Fsp3) is 0.0667. The SMILES string of the molecule is Fc1ccc(-c2nc3cccc(Cl)c3nc2CBr)cc1. The molecule has 0 amide bonds. The summed E-state index contributed by atoms with van der Waals surface area (Å²) < 4.78 is 13.0. The van der Waals surface area contributed by atoms with Gasteiger partial charge >= 0.3 is 0 Å². The van der Waals surface area contributed by atoms with E-state index in [9.17, 15) is 4.39 Å². The molecule has 0 aliphatic rings. The summed E-state index contributed by atoms with van der Waals surface area (Å²) in [6.45, 7) is 0. The van der Waals surface area contributed by atoms with Crippen molar-refractivity contribution in [2.45, 2.75) is 5.33 Å². The second-order valence-electron chi connectivity index (χ2n) is 4.27. The molecule has 1 aromatic heterocycles. The molecular weight excluding hydrogens is 343 g/mol. The highest BCUT2D eigenvalue weighted by Gasteiger charge is 2.11. The zero-order valence-corrected chi connectivity index (χ0v) is 12.6. The standard InChI is InChI=1S/C15H9BrClFN2/c16-8-13-14(9-4-6-10(18)7-5-9)19-12-3-1-2-11(17)15(12)20-13/h1-7H,8H2. The largest absolute Gasteiger partial charge is 0.246 e. The first-order valence-electron chi connectivity index (χ1n) is 5.96. The van der Waals surface area contributed by atoms with Gasteiger partial charge in [-0.25, -0.2) is 14.4 Å². The van der Waals surface area contributed by atoms with Crippen molar-refractivity contribution in [1.82, 2.24) is 9.97 Å². The number of fused-ring (bicyclic) bond motifs is 1. The van der Waals surface area contributed by atoms with E-state index < -0.39 is 0 Å². The van der Waals surface area contributed by atoms with Gasteiger partial charge in [0.2, 0.25) is 0 Å². The molecule has 5 heteroatoms. The molecule has 0 bridgehead atoms. The summed E-state index contributed by atoms with van der Waals surface area (Å²) in [5.41, 5.74) is 3.74. The third-order valence-electron chi connectivity index (χ3n) is 2.96. The molecule has 20 heavy (non-hydrogen) atoms.